The van der Waals surface area contributed by atoms with E-state index in [9.17, 15) is 4.79 Å². The summed E-state index contributed by atoms with van der Waals surface area (Å²) in [5.41, 5.74) is 0. The minimum atomic E-state index is -0.0165. The summed E-state index contributed by atoms with van der Waals surface area (Å²) in [6, 6.07) is 7.71. The number of carbonyl (C=O) groups is 1. The molecule has 0 saturated heterocycles. The molecule has 28 heavy (non-hydrogen) atoms. The van der Waals surface area contributed by atoms with E-state index in [0.717, 1.165) is 49.5 Å². The van der Waals surface area contributed by atoms with Crippen LogP contribution < -0.4 is 4.74 Å². The summed E-state index contributed by atoms with van der Waals surface area (Å²) in [6.07, 6.45) is 6.79. The Kier molecular flexibility index (Phi) is 7.80. The molecule has 1 saturated carbocycles. The van der Waals surface area contributed by atoms with Gasteiger partial charge in [0, 0.05) is 12.5 Å². The first kappa shape index (κ1) is 21.2. The summed E-state index contributed by atoms with van der Waals surface area (Å²) in [5.74, 6) is 1.75. The van der Waals surface area contributed by atoms with Crippen molar-refractivity contribution in [3.05, 3.63) is 35.1 Å². The lowest BCUT2D eigenvalue weighted by Gasteiger charge is -2.21. The van der Waals surface area contributed by atoms with Gasteiger partial charge in [-0.1, -0.05) is 62.2 Å². The van der Waals surface area contributed by atoms with Crippen molar-refractivity contribution < 1.29 is 9.53 Å². The molecule has 1 atom stereocenters. The fourth-order valence-corrected chi connectivity index (χ4v) is 5.03. The molecular weight excluding hydrogens is 394 g/mol. The topological polar surface area (TPSA) is 57.0 Å². The fraction of sp³-hybridized carbons (Fsp3) is 0.571. The highest BCUT2D eigenvalue weighted by atomic mass is 35.5. The zero-order chi connectivity index (χ0) is 19.9. The summed E-state index contributed by atoms with van der Waals surface area (Å²) in [7, 11) is 0. The zero-order valence-corrected chi connectivity index (χ0v) is 18.1. The molecule has 2 aromatic rings. The van der Waals surface area contributed by atoms with Crippen molar-refractivity contribution in [1.29, 1.82) is 0 Å². The predicted octanol–water partition coefficient (Wildman–Crippen LogP) is 5.87. The molecule has 1 aliphatic rings. The van der Waals surface area contributed by atoms with Crippen molar-refractivity contribution in [2.75, 3.05) is 0 Å². The van der Waals surface area contributed by atoms with Crippen molar-refractivity contribution in [1.82, 2.24) is 14.8 Å². The SMILES string of the molecule is CCC(CC)n1c(COc2ccccc2Cl)nnc1SC1CCCCCC1=O. The lowest BCUT2D eigenvalue weighted by molar-refractivity contribution is -0.118. The van der Waals surface area contributed by atoms with Crippen LogP contribution in [0.4, 0.5) is 0 Å². The van der Waals surface area contributed by atoms with Gasteiger partial charge in [-0.15, -0.1) is 10.2 Å². The van der Waals surface area contributed by atoms with E-state index in [1.54, 1.807) is 17.8 Å². The first-order valence-corrected chi connectivity index (χ1v) is 11.4. The van der Waals surface area contributed by atoms with E-state index < -0.39 is 0 Å². The second kappa shape index (κ2) is 10.3. The van der Waals surface area contributed by atoms with Gasteiger partial charge >= 0.3 is 0 Å². The van der Waals surface area contributed by atoms with Gasteiger partial charge in [0.15, 0.2) is 11.0 Å². The van der Waals surface area contributed by atoms with E-state index in [4.69, 9.17) is 16.3 Å². The second-order valence-electron chi connectivity index (χ2n) is 7.13. The number of nitrogens with zero attached hydrogens (tertiary/aromatic N) is 3. The Balaban J connectivity index is 1.82. The van der Waals surface area contributed by atoms with Gasteiger partial charge in [-0.05, 0) is 37.8 Å². The highest BCUT2D eigenvalue weighted by Crippen LogP contribution is 2.33. The third kappa shape index (κ3) is 5.09. The van der Waals surface area contributed by atoms with Gasteiger partial charge in [0.1, 0.15) is 18.1 Å². The van der Waals surface area contributed by atoms with Crippen LogP contribution in [0.2, 0.25) is 5.02 Å². The van der Waals surface area contributed by atoms with Gasteiger partial charge in [-0.3, -0.25) is 4.79 Å². The number of ether oxygens (including phenoxy) is 1. The van der Waals surface area contributed by atoms with Crippen LogP contribution in [0.1, 0.15) is 70.7 Å². The standard InChI is InChI=1S/C21H28ClN3O2S/c1-3-15(4-2)25-20(14-27-18-12-9-8-10-16(18)22)23-24-21(25)28-19-13-7-5-6-11-17(19)26/h8-10,12,15,19H,3-7,11,13-14H2,1-2H3. The largest absolute Gasteiger partial charge is 0.484 e. The first-order chi connectivity index (χ1) is 13.6. The van der Waals surface area contributed by atoms with E-state index in [2.05, 4.69) is 28.6 Å². The Morgan fingerprint density at radius 3 is 2.75 bits per heavy atom. The maximum absolute atomic E-state index is 12.5. The zero-order valence-electron chi connectivity index (χ0n) is 16.6. The number of ketones is 1. The third-order valence-corrected chi connectivity index (χ3v) is 6.82. The van der Waals surface area contributed by atoms with Crippen molar-refractivity contribution in [3.63, 3.8) is 0 Å². The number of hydrogen-bond acceptors (Lipinski definition) is 5. The van der Waals surface area contributed by atoms with Crippen LogP contribution in [0.5, 0.6) is 5.75 Å². The van der Waals surface area contributed by atoms with E-state index in [1.165, 1.54) is 0 Å². The molecule has 5 nitrogen and oxygen atoms in total. The Morgan fingerprint density at radius 2 is 2.00 bits per heavy atom. The quantitative estimate of drug-likeness (QED) is 0.499. The molecule has 1 aliphatic carbocycles. The van der Waals surface area contributed by atoms with Crippen molar-refractivity contribution >= 4 is 29.1 Å². The van der Waals surface area contributed by atoms with Crippen LogP contribution in [-0.4, -0.2) is 25.8 Å². The molecule has 1 unspecified atom stereocenters. The average Bonchev–Trinajstić information content (AvgIpc) is 2.97. The third-order valence-electron chi connectivity index (χ3n) is 5.23. The van der Waals surface area contributed by atoms with Crippen LogP contribution in [0.15, 0.2) is 29.4 Å². The molecule has 1 fully saturated rings. The van der Waals surface area contributed by atoms with E-state index in [-0.39, 0.29) is 11.3 Å². The van der Waals surface area contributed by atoms with Gasteiger partial charge in [0.25, 0.3) is 0 Å². The highest BCUT2D eigenvalue weighted by molar-refractivity contribution is 8.00. The molecule has 0 N–H and O–H groups in total. The molecule has 0 bridgehead atoms. The molecule has 1 heterocycles. The van der Waals surface area contributed by atoms with Crippen molar-refractivity contribution in [2.45, 2.75) is 81.8 Å². The van der Waals surface area contributed by atoms with Crippen LogP contribution in [0.3, 0.4) is 0 Å². The van der Waals surface area contributed by atoms with Crippen LogP contribution in [-0.2, 0) is 11.4 Å². The van der Waals surface area contributed by atoms with Crippen molar-refractivity contribution in [3.8, 4) is 5.75 Å². The molecule has 0 radical (unpaired) electrons. The maximum Gasteiger partial charge on any atom is 0.192 e. The number of halogens is 1. The van der Waals surface area contributed by atoms with Gasteiger partial charge in [-0.25, -0.2) is 0 Å². The summed E-state index contributed by atoms with van der Waals surface area (Å²) in [4.78, 5) is 12.5. The number of aromatic nitrogens is 3. The molecule has 7 heteroatoms. The Morgan fingerprint density at radius 1 is 1.21 bits per heavy atom. The molecule has 0 aliphatic heterocycles. The normalized spacial score (nSPS) is 17.7. The number of thioether (sulfide) groups is 1. The fourth-order valence-electron chi connectivity index (χ4n) is 3.59. The predicted molar refractivity (Wildman–Crippen MR) is 113 cm³/mol. The Hall–Kier alpha value is -1.53. The van der Waals surface area contributed by atoms with E-state index in [0.29, 0.717) is 29.6 Å². The number of para-hydroxylation sites is 1. The smallest absolute Gasteiger partial charge is 0.192 e. The lowest BCUT2D eigenvalue weighted by atomic mass is 10.2. The van der Waals surface area contributed by atoms with Crippen LogP contribution in [0.25, 0.3) is 0 Å². The number of hydrogen-bond donors (Lipinski definition) is 0. The van der Waals surface area contributed by atoms with Crippen LogP contribution >= 0.6 is 23.4 Å². The number of rotatable bonds is 8. The minimum absolute atomic E-state index is 0.0165. The molecule has 0 amide bonds. The molecule has 152 valence electrons. The highest BCUT2D eigenvalue weighted by Gasteiger charge is 2.27. The maximum atomic E-state index is 12.5. The summed E-state index contributed by atoms with van der Waals surface area (Å²) in [6.45, 7) is 4.63. The molecule has 3 rings (SSSR count). The lowest BCUT2D eigenvalue weighted by Crippen LogP contribution is -2.18. The number of Topliss-reactive ketones (excluding diaryl/α,β-unsaturated/α-hetero) is 1. The first-order valence-electron chi connectivity index (χ1n) is 10.1. The van der Waals surface area contributed by atoms with Crippen LogP contribution in [0, 0.1) is 0 Å². The molecule has 0 spiro atoms. The van der Waals surface area contributed by atoms with E-state index >= 15 is 0 Å². The molecule has 1 aromatic carbocycles. The summed E-state index contributed by atoms with van der Waals surface area (Å²) >= 11 is 7.78. The Labute approximate surface area is 176 Å². The van der Waals surface area contributed by atoms with Gasteiger partial charge < -0.3 is 9.30 Å². The summed E-state index contributed by atoms with van der Waals surface area (Å²) in [5, 5.41) is 10.2. The Bertz CT molecular complexity index is 792. The minimum Gasteiger partial charge on any atom is -0.484 e. The van der Waals surface area contributed by atoms with Crippen molar-refractivity contribution in [2.24, 2.45) is 0 Å². The molecule has 1 aromatic heterocycles. The van der Waals surface area contributed by atoms with Gasteiger partial charge in [0.05, 0.1) is 10.3 Å². The summed E-state index contributed by atoms with van der Waals surface area (Å²) < 4.78 is 8.08. The average molecular weight is 422 g/mol. The molecular formula is C21H28ClN3O2S. The van der Waals surface area contributed by atoms with E-state index in [1.807, 2.05) is 18.2 Å². The van der Waals surface area contributed by atoms with Gasteiger partial charge in [0.2, 0.25) is 0 Å². The monoisotopic (exact) mass is 421 g/mol. The second-order valence-corrected chi connectivity index (χ2v) is 8.71. The number of benzene rings is 1. The number of carbonyl (C=O) groups excluding carboxylic acids is 1. The van der Waals surface area contributed by atoms with Gasteiger partial charge in [-0.2, -0.15) is 0 Å².